The number of rotatable bonds is 2. The molecule has 2 N–H and O–H groups in total. The Kier molecular flexibility index (Phi) is 4.04. The minimum absolute atomic E-state index is 0.0168. The highest BCUT2D eigenvalue weighted by Crippen LogP contribution is 2.54. The Morgan fingerprint density at radius 1 is 1.19 bits per heavy atom. The molecule has 0 saturated heterocycles. The normalized spacial score (nSPS) is 22.2. The van der Waals surface area contributed by atoms with Gasteiger partial charge >= 0.3 is 0 Å². The molecule has 5 nitrogen and oxygen atoms in total. The second-order valence-corrected chi connectivity index (χ2v) is 9.88. The molecule has 5 heteroatoms. The number of phenolic OH excluding ortho intramolecular Hbond substituents is 1. The van der Waals surface area contributed by atoms with Gasteiger partial charge in [0.15, 0.2) is 11.5 Å². The summed E-state index contributed by atoms with van der Waals surface area (Å²) in [5.74, 6) is 2.33. The predicted octanol–water partition coefficient (Wildman–Crippen LogP) is 5.73. The van der Waals surface area contributed by atoms with E-state index in [1.54, 1.807) is 19.2 Å². The Morgan fingerprint density at radius 3 is 2.81 bits per heavy atom. The van der Waals surface area contributed by atoms with Crippen LogP contribution in [-0.4, -0.2) is 18.1 Å². The zero-order valence-electron chi connectivity index (χ0n) is 19.0. The van der Waals surface area contributed by atoms with Crippen LogP contribution in [-0.2, 0) is 11.8 Å². The third-order valence-corrected chi connectivity index (χ3v) is 7.52. The summed E-state index contributed by atoms with van der Waals surface area (Å²) in [5, 5.41) is 14.0. The number of aryl methyl sites for hydroxylation is 1. The van der Waals surface area contributed by atoms with E-state index in [2.05, 4.69) is 38.2 Å². The first-order chi connectivity index (χ1) is 15.4. The molecule has 2 unspecified atom stereocenters. The van der Waals surface area contributed by atoms with E-state index in [0.717, 1.165) is 29.1 Å². The van der Waals surface area contributed by atoms with E-state index in [1.807, 2.05) is 12.3 Å². The molecule has 2 aromatic carbocycles. The van der Waals surface area contributed by atoms with Gasteiger partial charge in [-0.2, -0.15) is 0 Å². The van der Waals surface area contributed by atoms with Gasteiger partial charge in [0.05, 0.1) is 19.4 Å². The van der Waals surface area contributed by atoms with Crippen molar-refractivity contribution in [3.05, 3.63) is 70.0 Å². The fraction of sp³-hybridized carbons (Fsp3) is 0.370. The van der Waals surface area contributed by atoms with Crippen molar-refractivity contribution in [3.8, 4) is 22.8 Å². The third kappa shape index (κ3) is 2.60. The number of aromatic hydroxyl groups is 1. The maximum absolute atomic E-state index is 10.3. The van der Waals surface area contributed by atoms with E-state index < -0.39 is 0 Å². The predicted molar refractivity (Wildman–Crippen MR) is 125 cm³/mol. The van der Waals surface area contributed by atoms with E-state index in [0.29, 0.717) is 5.75 Å². The molecule has 1 aromatic heterocycles. The molecule has 0 spiro atoms. The molecular formula is C27H28N2O3. The topological polar surface area (TPSA) is 67.0 Å². The zero-order chi connectivity index (χ0) is 22.2. The summed E-state index contributed by atoms with van der Waals surface area (Å²) in [6.45, 7) is 6.80. The highest BCUT2D eigenvalue weighted by atomic mass is 16.5. The number of ether oxygens (including phenoxy) is 1. The van der Waals surface area contributed by atoms with Crippen molar-refractivity contribution in [1.29, 1.82) is 0 Å². The van der Waals surface area contributed by atoms with E-state index in [9.17, 15) is 5.11 Å². The van der Waals surface area contributed by atoms with E-state index in [4.69, 9.17) is 14.1 Å². The molecule has 0 fully saturated rings. The van der Waals surface area contributed by atoms with Gasteiger partial charge in [0.1, 0.15) is 17.6 Å². The molecule has 6 rings (SSSR count). The summed E-state index contributed by atoms with van der Waals surface area (Å²) < 4.78 is 11.3. The van der Waals surface area contributed by atoms with Crippen molar-refractivity contribution < 1.29 is 14.3 Å². The van der Waals surface area contributed by atoms with Crippen LogP contribution in [0.1, 0.15) is 72.2 Å². The number of nitrogens with one attached hydrogen (secondary N) is 1. The summed E-state index contributed by atoms with van der Waals surface area (Å²) in [5.41, 5.74) is 8.72. The van der Waals surface area contributed by atoms with Gasteiger partial charge < -0.3 is 19.6 Å². The Morgan fingerprint density at radius 2 is 2.03 bits per heavy atom. The molecule has 2 atom stereocenters. The Balaban J connectivity index is 1.56. The van der Waals surface area contributed by atoms with Gasteiger partial charge in [-0.05, 0) is 72.1 Å². The molecule has 32 heavy (non-hydrogen) atoms. The Hall–Kier alpha value is -3.21. The highest BCUT2D eigenvalue weighted by Gasteiger charge is 2.44. The van der Waals surface area contributed by atoms with Crippen LogP contribution in [0.3, 0.4) is 0 Å². The first kappa shape index (κ1) is 19.5. The van der Waals surface area contributed by atoms with Crippen molar-refractivity contribution in [1.82, 2.24) is 5.32 Å². The van der Waals surface area contributed by atoms with Crippen molar-refractivity contribution in [2.75, 3.05) is 7.11 Å². The molecule has 0 radical (unpaired) electrons. The number of fused-ring (bicyclic) bond motifs is 8. The van der Waals surface area contributed by atoms with Gasteiger partial charge in [-0.15, -0.1) is 0 Å². The number of furan rings is 1. The van der Waals surface area contributed by atoms with Crippen LogP contribution in [0, 0.1) is 6.92 Å². The fourth-order valence-corrected chi connectivity index (χ4v) is 5.93. The molecule has 0 amide bonds. The number of hydrogen-bond donors (Lipinski definition) is 2. The number of amidine groups is 1. The molecule has 0 bridgehead atoms. The SMILES string of the molecule is COc1ccc(C2=NC3c4c(ccc5c4CCCC5(C)C)-c4occ(C)c4C3N2)cc1O. The van der Waals surface area contributed by atoms with Crippen molar-refractivity contribution in [2.45, 2.75) is 57.5 Å². The minimum atomic E-state index is -0.0168. The number of benzene rings is 2. The first-order valence-corrected chi connectivity index (χ1v) is 11.4. The average molecular weight is 429 g/mol. The lowest BCUT2D eigenvalue weighted by molar-refractivity contribution is 0.373. The van der Waals surface area contributed by atoms with E-state index in [-0.39, 0.29) is 23.2 Å². The number of nitrogens with zero attached hydrogens (tertiary/aromatic N) is 1. The van der Waals surface area contributed by atoms with Crippen LogP contribution in [0.25, 0.3) is 11.3 Å². The first-order valence-electron chi connectivity index (χ1n) is 11.4. The van der Waals surface area contributed by atoms with Crippen LogP contribution < -0.4 is 10.1 Å². The van der Waals surface area contributed by atoms with Gasteiger partial charge in [-0.1, -0.05) is 26.0 Å². The summed E-state index contributed by atoms with van der Waals surface area (Å²) in [4.78, 5) is 5.21. The second-order valence-electron chi connectivity index (χ2n) is 9.88. The molecule has 3 aromatic rings. The number of phenols is 1. The lowest BCUT2D eigenvalue weighted by Crippen LogP contribution is -2.30. The third-order valence-electron chi connectivity index (χ3n) is 7.52. The van der Waals surface area contributed by atoms with Crippen molar-refractivity contribution >= 4 is 5.84 Å². The minimum Gasteiger partial charge on any atom is -0.504 e. The van der Waals surface area contributed by atoms with Crippen LogP contribution in [0.2, 0.25) is 0 Å². The lowest BCUT2D eigenvalue weighted by atomic mass is 9.68. The maximum atomic E-state index is 10.3. The number of aliphatic imine (C=N–C) groups is 1. The van der Waals surface area contributed by atoms with Crippen molar-refractivity contribution in [2.24, 2.45) is 4.99 Å². The standard InChI is InChI=1S/C27H28N2O3/c1-14-13-32-25-17-8-9-18-16(6-5-11-27(18,2)3)22(17)24-23(21(14)25)28-26(29-24)15-7-10-20(31-4)19(30)12-15/h7-10,12-13,23-24,30H,5-6,11H2,1-4H3,(H,28,29). The Bertz CT molecular complexity index is 1280. The second kappa shape index (κ2) is 6.64. The van der Waals surface area contributed by atoms with Gasteiger partial charge in [0.2, 0.25) is 0 Å². The molecule has 0 saturated carbocycles. The molecule has 2 aliphatic carbocycles. The summed E-state index contributed by atoms with van der Waals surface area (Å²) in [7, 11) is 1.55. The van der Waals surface area contributed by atoms with E-state index in [1.165, 1.54) is 40.7 Å². The molecule has 2 heterocycles. The van der Waals surface area contributed by atoms with Gasteiger partial charge in [0, 0.05) is 16.7 Å². The maximum Gasteiger partial charge on any atom is 0.160 e. The summed E-state index contributed by atoms with van der Waals surface area (Å²) in [6.07, 6.45) is 5.33. The summed E-state index contributed by atoms with van der Waals surface area (Å²) >= 11 is 0. The largest absolute Gasteiger partial charge is 0.504 e. The summed E-state index contributed by atoms with van der Waals surface area (Å²) in [6, 6.07) is 9.99. The fourth-order valence-electron chi connectivity index (χ4n) is 5.93. The lowest BCUT2D eigenvalue weighted by Gasteiger charge is -2.37. The highest BCUT2D eigenvalue weighted by molar-refractivity contribution is 6.01. The number of methoxy groups -OCH3 is 1. The molecule has 3 aliphatic rings. The average Bonchev–Trinajstić information content (AvgIpc) is 3.37. The quantitative estimate of drug-likeness (QED) is 0.547. The van der Waals surface area contributed by atoms with Gasteiger partial charge in [-0.3, -0.25) is 4.99 Å². The number of hydrogen-bond acceptors (Lipinski definition) is 5. The Labute approximate surface area is 188 Å². The van der Waals surface area contributed by atoms with Crippen LogP contribution in [0.5, 0.6) is 11.5 Å². The van der Waals surface area contributed by atoms with E-state index >= 15 is 0 Å². The van der Waals surface area contributed by atoms with Crippen LogP contribution in [0.4, 0.5) is 0 Å². The van der Waals surface area contributed by atoms with Gasteiger partial charge in [-0.25, -0.2) is 0 Å². The van der Waals surface area contributed by atoms with Gasteiger partial charge in [0.25, 0.3) is 0 Å². The molecular weight excluding hydrogens is 400 g/mol. The van der Waals surface area contributed by atoms with Crippen molar-refractivity contribution in [3.63, 3.8) is 0 Å². The molecule has 1 aliphatic heterocycles. The zero-order valence-corrected chi connectivity index (χ0v) is 19.0. The van der Waals surface area contributed by atoms with Crippen LogP contribution in [0.15, 0.2) is 46.0 Å². The monoisotopic (exact) mass is 428 g/mol. The smallest absolute Gasteiger partial charge is 0.160 e. The van der Waals surface area contributed by atoms with Crippen LogP contribution >= 0.6 is 0 Å². The molecule has 164 valence electrons.